The molecule has 29 heavy (non-hydrogen) atoms. The van der Waals surface area contributed by atoms with Gasteiger partial charge in [-0.1, -0.05) is 36.0 Å². The zero-order valence-corrected chi connectivity index (χ0v) is 17.1. The fourth-order valence-corrected chi connectivity index (χ4v) is 3.56. The van der Waals surface area contributed by atoms with E-state index in [9.17, 15) is 17.9 Å². The Kier molecular flexibility index (Phi) is 6.48. The number of anilines is 1. The van der Waals surface area contributed by atoms with Gasteiger partial charge in [0, 0.05) is 23.9 Å². The molecule has 0 atom stereocenters. The van der Waals surface area contributed by atoms with E-state index in [-0.39, 0.29) is 18.0 Å². The average Bonchev–Trinajstić information content (AvgIpc) is 2.72. The molecule has 0 spiro atoms. The van der Waals surface area contributed by atoms with Gasteiger partial charge < -0.3 is 10.4 Å². The quantitative estimate of drug-likeness (QED) is 0.386. The molecular weight excluding hydrogens is 415 g/mol. The third kappa shape index (κ3) is 5.10. The first kappa shape index (κ1) is 21.2. The highest BCUT2D eigenvalue weighted by molar-refractivity contribution is 7.98. The largest absolute Gasteiger partial charge is 0.391 e. The van der Waals surface area contributed by atoms with E-state index in [4.69, 9.17) is 5.14 Å². The van der Waals surface area contributed by atoms with Gasteiger partial charge >= 0.3 is 0 Å². The van der Waals surface area contributed by atoms with Crippen LogP contribution in [-0.4, -0.2) is 29.7 Å². The molecule has 3 rings (SSSR count). The number of hydrogen-bond acceptors (Lipinski definition) is 7. The minimum absolute atomic E-state index is 0.0361. The molecule has 3 aromatic rings. The lowest BCUT2D eigenvalue weighted by Crippen LogP contribution is -2.11. The van der Waals surface area contributed by atoms with Crippen molar-refractivity contribution in [3.05, 3.63) is 65.6 Å². The number of aliphatic hydroxyl groups excluding tert-OH is 1. The van der Waals surface area contributed by atoms with Crippen molar-refractivity contribution >= 4 is 27.6 Å². The van der Waals surface area contributed by atoms with Crippen LogP contribution in [0.3, 0.4) is 0 Å². The van der Waals surface area contributed by atoms with Crippen LogP contribution in [0.15, 0.2) is 58.7 Å². The smallest absolute Gasteiger partial charge is 0.238 e. The topological polar surface area (TPSA) is 118 Å². The van der Waals surface area contributed by atoms with Gasteiger partial charge in [0.05, 0.1) is 11.5 Å². The third-order valence-electron chi connectivity index (χ3n) is 4.19. The van der Waals surface area contributed by atoms with Gasteiger partial charge in [-0.15, -0.1) is 0 Å². The number of sulfonamides is 1. The molecule has 4 N–H and O–H groups in total. The lowest BCUT2D eigenvalue weighted by molar-refractivity contribution is 0.281. The van der Waals surface area contributed by atoms with Gasteiger partial charge in [0.25, 0.3) is 0 Å². The fourth-order valence-electron chi connectivity index (χ4n) is 2.66. The summed E-state index contributed by atoms with van der Waals surface area (Å²) < 4.78 is 37.7. The number of aliphatic hydroxyl groups is 1. The molecule has 0 amide bonds. The molecule has 0 aliphatic rings. The van der Waals surface area contributed by atoms with Crippen LogP contribution in [0.2, 0.25) is 0 Å². The molecule has 0 aliphatic heterocycles. The molecule has 0 fully saturated rings. The van der Waals surface area contributed by atoms with Gasteiger partial charge in [-0.05, 0) is 35.6 Å². The number of nitrogens with one attached hydrogen (secondary N) is 1. The van der Waals surface area contributed by atoms with Crippen molar-refractivity contribution in [2.75, 3.05) is 11.6 Å². The zero-order chi connectivity index (χ0) is 21.0. The number of rotatable bonds is 7. The van der Waals surface area contributed by atoms with Crippen molar-refractivity contribution in [2.24, 2.45) is 5.14 Å². The van der Waals surface area contributed by atoms with E-state index < -0.39 is 15.8 Å². The van der Waals surface area contributed by atoms with E-state index in [1.165, 1.54) is 36.2 Å². The minimum atomic E-state index is -3.84. The Morgan fingerprint density at radius 3 is 2.59 bits per heavy atom. The van der Waals surface area contributed by atoms with Crippen LogP contribution in [0.1, 0.15) is 11.1 Å². The Balaban J connectivity index is 1.82. The maximum absolute atomic E-state index is 14.6. The highest BCUT2D eigenvalue weighted by atomic mass is 32.2. The van der Waals surface area contributed by atoms with Crippen LogP contribution in [-0.2, 0) is 23.2 Å². The number of benzene rings is 2. The van der Waals surface area contributed by atoms with Crippen molar-refractivity contribution in [3.63, 3.8) is 0 Å². The molecule has 2 aromatic carbocycles. The van der Waals surface area contributed by atoms with Crippen molar-refractivity contribution in [1.29, 1.82) is 0 Å². The highest BCUT2D eigenvalue weighted by Gasteiger charge is 2.12. The first-order chi connectivity index (χ1) is 13.8. The summed E-state index contributed by atoms with van der Waals surface area (Å²) in [6, 6.07) is 10.7. The van der Waals surface area contributed by atoms with Gasteiger partial charge in [-0.3, -0.25) is 0 Å². The van der Waals surface area contributed by atoms with Gasteiger partial charge in [0.2, 0.25) is 10.0 Å². The van der Waals surface area contributed by atoms with E-state index in [2.05, 4.69) is 15.3 Å². The maximum Gasteiger partial charge on any atom is 0.238 e. The maximum atomic E-state index is 14.6. The number of nitrogens with zero attached hydrogens (tertiary/aromatic N) is 2. The van der Waals surface area contributed by atoms with E-state index in [1.54, 1.807) is 24.3 Å². The summed E-state index contributed by atoms with van der Waals surface area (Å²) >= 11 is 1.36. The van der Waals surface area contributed by atoms with Crippen LogP contribution < -0.4 is 10.5 Å². The van der Waals surface area contributed by atoms with Crippen molar-refractivity contribution in [1.82, 2.24) is 9.97 Å². The molecule has 0 saturated heterocycles. The van der Waals surface area contributed by atoms with Crippen LogP contribution in [0.5, 0.6) is 0 Å². The molecule has 0 radical (unpaired) electrons. The second-order valence-electron chi connectivity index (χ2n) is 6.12. The van der Waals surface area contributed by atoms with E-state index in [1.807, 2.05) is 6.26 Å². The Morgan fingerprint density at radius 2 is 1.93 bits per heavy atom. The zero-order valence-electron chi connectivity index (χ0n) is 15.5. The highest BCUT2D eigenvalue weighted by Crippen LogP contribution is 2.25. The summed E-state index contributed by atoms with van der Waals surface area (Å²) in [5, 5.41) is 18.1. The van der Waals surface area contributed by atoms with Crippen molar-refractivity contribution in [3.8, 4) is 11.1 Å². The lowest BCUT2D eigenvalue weighted by Gasteiger charge is -2.12. The average molecular weight is 435 g/mol. The number of halogens is 1. The van der Waals surface area contributed by atoms with Crippen molar-refractivity contribution in [2.45, 2.75) is 23.2 Å². The standard InChI is InChI=1S/C19H19FN4O3S2/c1-28-19-23-10-15(11-25)18(24-19)22-9-14-6-5-13(8-17(14)20)12-3-2-4-16(7-12)29(21,26)27/h2-8,10,25H,9,11H2,1H3,(H2,21,26,27)(H,22,23,24). The molecule has 1 aromatic heterocycles. The van der Waals surface area contributed by atoms with Crippen LogP contribution in [0.4, 0.5) is 10.2 Å². The van der Waals surface area contributed by atoms with Crippen molar-refractivity contribution < 1.29 is 17.9 Å². The van der Waals surface area contributed by atoms with Gasteiger partial charge in [0.1, 0.15) is 11.6 Å². The number of primary sulfonamides is 1. The first-order valence-corrected chi connectivity index (χ1v) is 11.2. The Labute approximate surface area is 172 Å². The molecule has 7 nitrogen and oxygen atoms in total. The van der Waals surface area contributed by atoms with E-state index in [0.29, 0.717) is 33.2 Å². The summed E-state index contributed by atoms with van der Waals surface area (Å²) in [4.78, 5) is 8.35. The predicted octanol–water partition coefficient (Wildman–Crippen LogP) is 2.76. The van der Waals surface area contributed by atoms with Crippen LogP contribution >= 0.6 is 11.8 Å². The molecule has 0 bridgehead atoms. The van der Waals surface area contributed by atoms with E-state index >= 15 is 0 Å². The molecule has 152 valence electrons. The molecule has 1 heterocycles. The molecule has 0 unspecified atom stereocenters. The Morgan fingerprint density at radius 1 is 1.17 bits per heavy atom. The first-order valence-electron chi connectivity index (χ1n) is 8.48. The monoisotopic (exact) mass is 434 g/mol. The number of hydrogen-bond donors (Lipinski definition) is 3. The summed E-state index contributed by atoms with van der Waals surface area (Å²) in [6.07, 6.45) is 3.36. The summed E-state index contributed by atoms with van der Waals surface area (Å²) in [5.41, 5.74) is 1.97. The van der Waals surface area contributed by atoms with Crippen LogP contribution in [0, 0.1) is 5.82 Å². The minimum Gasteiger partial charge on any atom is -0.391 e. The fraction of sp³-hybridized carbons (Fsp3) is 0.158. The van der Waals surface area contributed by atoms with Crippen LogP contribution in [0.25, 0.3) is 11.1 Å². The second kappa shape index (κ2) is 8.87. The summed E-state index contributed by atoms with van der Waals surface area (Å²) in [5.74, 6) is -0.0168. The van der Waals surface area contributed by atoms with Gasteiger partial charge in [-0.25, -0.2) is 27.9 Å². The summed E-state index contributed by atoms with van der Waals surface area (Å²) in [6.45, 7) is -0.0834. The number of thioether (sulfide) groups is 1. The molecule has 10 heteroatoms. The molecule has 0 aliphatic carbocycles. The summed E-state index contributed by atoms with van der Waals surface area (Å²) in [7, 11) is -3.84. The Bertz CT molecular complexity index is 1140. The molecular formula is C19H19FN4O3S2. The number of aromatic nitrogens is 2. The van der Waals surface area contributed by atoms with E-state index in [0.717, 1.165) is 0 Å². The number of nitrogens with two attached hydrogens (primary N) is 1. The Hall–Kier alpha value is -2.53. The second-order valence-corrected chi connectivity index (χ2v) is 8.46. The predicted molar refractivity (Wildman–Crippen MR) is 110 cm³/mol. The SMILES string of the molecule is CSc1ncc(CO)c(NCc2ccc(-c3cccc(S(N)(=O)=O)c3)cc2F)n1. The molecule has 0 saturated carbocycles. The van der Waals surface area contributed by atoms with Gasteiger partial charge in [0.15, 0.2) is 5.16 Å². The van der Waals surface area contributed by atoms with Gasteiger partial charge in [-0.2, -0.15) is 0 Å². The lowest BCUT2D eigenvalue weighted by atomic mass is 10.0. The third-order valence-corrected chi connectivity index (χ3v) is 5.66. The normalized spacial score (nSPS) is 11.4.